The molecule has 0 radical (unpaired) electrons. The van der Waals surface area contributed by atoms with E-state index in [4.69, 9.17) is 0 Å². The van der Waals surface area contributed by atoms with E-state index >= 15 is 0 Å². The molecule has 26 heavy (non-hydrogen) atoms. The van der Waals surface area contributed by atoms with Crippen molar-refractivity contribution in [1.82, 2.24) is 14.4 Å². The first-order chi connectivity index (χ1) is 12.4. The van der Waals surface area contributed by atoms with Crippen LogP contribution < -0.4 is 0 Å². The van der Waals surface area contributed by atoms with Gasteiger partial charge in [0.25, 0.3) is 0 Å². The van der Waals surface area contributed by atoms with E-state index < -0.39 is 0 Å². The molecule has 0 saturated heterocycles. The van der Waals surface area contributed by atoms with Gasteiger partial charge in [-0.2, -0.15) is 0 Å². The maximum absolute atomic E-state index is 13.0. The van der Waals surface area contributed by atoms with E-state index in [-0.39, 0.29) is 24.4 Å². The van der Waals surface area contributed by atoms with Crippen LogP contribution in [0.1, 0.15) is 71.9 Å². The number of aryl methyl sites for hydroxylation is 1. The molecule has 0 aliphatic carbocycles. The molecule has 1 heterocycles. The zero-order valence-corrected chi connectivity index (χ0v) is 17.3. The van der Waals surface area contributed by atoms with E-state index in [0.29, 0.717) is 13.0 Å². The summed E-state index contributed by atoms with van der Waals surface area (Å²) in [6.45, 7) is 9.82. The lowest BCUT2D eigenvalue weighted by Crippen LogP contribution is -2.46. The van der Waals surface area contributed by atoms with Gasteiger partial charge in [-0.3, -0.25) is 9.59 Å². The number of rotatable bonds is 12. The topological polar surface area (TPSA) is 45.6 Å². The molecular formula is C21H37N3O2. The normalized spacial score (nSPS) is 12.0. The fraction of sp³-hybridized carbons (Fsp3) is 0.714. The molecule has 0 aromatic carbocycles. The monoisotopic (exact) mass is 363 g/mol. The Morgan fingerprint density at radius 2 is 1.81 bits per heavy atom. The van der Waals surface area contributed by atoms with Gasteiger partial charge in [-0.05, 0) is 38.3 Å². The van der Waals surface area contributed by atoms with Crippen LogP contribution in [0.25, 0.3) is 0 Å². The van der Waals surface area contributed by atoms with E-state index in [2.05, 4.69) is 20.8 Å². The molecule has 0 aliphatic rings. The molecule has 0 saturated carbocycles. The molecule has 5 nitrogen and oxygen atoms in total. The molecule has 5 heteroatoms. The predicted molar refractivity (Wildman–Crippen MR) is 107 cm³/mol. The zero-order chi connectivity index (χ0) is 19.5. The van der Waals surface area contributed by atoms with Crippen molar-refractivity contribution >= 4 is 11.8 Å². The lowest BCUT2D eigenvalue weighted by Gasteiger charge is -2.31. The second kappa shape index (κ2) is 11.8. The molecule has 0 spiro atoms. The highest BCUT2D eigenvalue weighted by atomic mass is 16.2. The van der Waals surface area contributed by atoms with Crippen LogP contribution in [0.15, 0.2) is 18.3 Å². The molecular weight excluding hydrogens is 326 g/mol. The fourth-order valence-corrected chi connectivity index (χ4v) is 2.92. The summed E-state index contributed by atoms with van der Waals surface area (Å²) >= 11 is 0. The summed E-state index contributed by atoms with van der Waals surface area (Å²) in [7, 11) is 2.00. The third kappa shape index (κ3) is 6.85. The molecule has 0 aliphatic heterocycles. The first-order valence-corrected chi connectivity index (χ1v) is 10.1. The average molecular weight is 364 g/mol. The Kier molecular flexibility index (Phi) is 10.1. The maximum atomic E-state index is 13.0. The molecule has 0 bridgehead atoms. The second-order valence-electron chi connectivity index (χ2n) is 7.16. The smallest absolute Gasteiger partial charge is 0.242 e. The van der Waals surface area contributed by atoms with Crippen LogP contribution in [0.4, 0.5) is 0 Å². The minimum Gasteiger partial charge on any atom is -0.353 e. The fourth-order valence-electron chi connectivity index (χ4n) is 2.92. The SMILES string of the molecule is CCCCC(=O)N(CC(=O)N(CCCC)Cc1cccn1C)C(C)CC. The quantitative estimate of drug-likeness (QED) is 0.564. The minimum atomic E-state index is 0.0461. The Labute approximate surface area is 159 Å². The van der Waals surface area contributed by atoms with Crippen LogP contribution in [-0.4, -0.2) is 45.3 Å². The standard InChI is InChI=1S/C21H37N3O2/c1-6-9-13-20(25)24(18(4)8-3)17-21(26)23(15-10-7-2)16-19-12-11-14-22(19)5/h11-12,14,18H,6-10,13,15-17H2,1-5H3. The van der Waals surface area contributed by atoms with Crippen molar-refractivity contribution in [2.75, 3.05) is 13.1 Å². The summed E-state index contributed by atoms with van der Waals surface area (Å²) in [5.41, 5.74) is 1.11. The number of carbonyl (C=O) groups is 2. The molecule has 1 aromatic rings. The van der Waals surface area contributed by atoms with Gasteiger partial charge in [0.2, 0.25) is 11.8 Å². The van der Waals surface area contributed by atoms with Crippen LogP contribution in [0, 0.1) is 0 Å². The van der Waals surface area contributed by atoms with Gasteiger partial charge in [-0.25, -0.2) is 0 Å². The van der Waals surface area contributed by atoms with Crippen molar-refractivity contribution in [2.24, 2.45) is 7.05 Å². The van der Waals surface area contributed by atoms with Crippen LogP contribution in [0.2, 0.25) is 0 Å². The highest BCUT2D eigenvalue weighted by molar-refractivity contribution is 5.85. The van der Waals surface area contributed by atoms with Crippen molar-refractivity contribution in [3.8, 4) is 0 Å². The van der Waals surface area contributed by atoms with Gasteiger partial charge < -0.3 is 14.4 Å². The Hall–Kier alpha value is -1.78. The number of carbonyl (C=O) groups excluding carboxylic acids is 2. The summed E-state index contributed by atoms with van der Waals surface area (Å²) < 4.78 is 2.05. The van der Waals surface area contributed by atoms with Gasteiger partial charge in [0.05, 0.1) is 13.1 Å². The summed E-state index contributed by atoms with van der Waals surface area (Å²) in [4.78, 5) is 29.3. The van der Waals surface area contributed by atoms with Gasteiger partial charge in [-0.15, -0.1) is 0 Å². The number of amides is 2. The Bertz CT molecular complexity index is 553. The molecule has 0 N–H and O–H groups in total. The van der Waals surface area contributed by atoms with Crippen LogP contribution in [0.5, 0.6) is 0 Å². The Morgan fingerprint density at radius 1 is 1.12 bits per heavy atom. The van der Waals surface area contributed by atoms with Crippen LogP contribution >= 0.6 is 0 Å². The average Bonchev–Trinajstić information content (AvgIpc) is 3.04. The molecule has 2 amide bonds. The molecule has 1 rings (SSSR count). The first-order valence-electron chi connectivity index (χ1n) is 10.1. The van der Waals surface area contributed by atoms with E-state index in [1.807, 2.05) is 41.8 Å². The Balaban J connectivity index is 2.85. The van der Waals surface area contributed by atoms with Crippen LogP contribution in [-0.2, 0) is 23.2 Å². The number of hydrogen-bond acceptors (Lipinski definition) is 2. The molecule has 1 aromatic heterocycles. The van der Waals surface area contributed by atoms with Crippen molar-refractivity contribution in [1.29, 1.82) is 0 Å². The van der Waals surface area contributed by atoms with Crippen molar-refractivity contribution < 1.29 is 9.59 Å². The lowest BCUT2D eigenvalue weighted by atomic mass is 10.1. The number of nitrogens with zero attached hydrogens (tertiary/aromatic N) is 3. The number of hydrogen-bond donors (Lipinski definition) is 0. The van der Waals surface area contributed by atoms with Gasteiger partial charge in [0, 0.05) is 37.9 Å². The highest BCUT2D eigenvalue weighted by Gasteiger charge is 2.24. The summed E-state index contributed by atoms with van der Waals surface area (Å²) in [6.07, 6.45) is 7.27. The summed E-state index contributed by atoms with van der Waals surface area (Å²) in [5.74, 6) is 0.147. The predicted octanol–water partition coefficient (Wildman–Crippen LogP) is 3.97. The van der Waals surface area contributed by atoms with E-state index in [0.717, 1.165) is 44.3 Å². The molecule has 1 atom stereocenters. The zero-order valence-electron chi connectivity index (χ0n) is 17.3. The molecule has 148 valence electrons. The third-order valence-corrected chi connectivity index (χ3v) is 5.03. The lowest BCUT2D eigenvalue weighted by molar-refractivity contribution is -0.142. The van der Waals surface area contributed by atoms with Gasteiger partial charge in [-0.1, -0.05) is 33.6 Å². The van der Waals surface area contributed by atoms with Gasteiger partial charge in [0.15, 0.2) is 0 Å². The van der Waals surface area contributed by atoms with Crippen LogP contribution in [0.3, 0.4) is 0 Å². The highest BCUT2D eigenvalue weighted by Crippen LogP contribution is 2.12. The molecule has 0 fully saturated rings. The Morgan fingerprint density at radius 3 is 2.35 bits per heavy atom. The first kappa shape index (κ1) is 22.3. The van der Waals surface area contributed by atoms with Crippen molar-refractivity contribution in [3.63, 3.8) is 0 Å². The minimum absolute atomic E-state index is 0.0461. The number of unbranched alkanes of at least 4 members (excludes halogenated alkanes) is 2. The van der Waals surface area contributed by atoms with Crippen molar-refractivity contribution in [3.05, 3.63) is 24.0 Å². The molecule has 1 unspecified atom stereocenters. The summed E-state index contributed by atoms with van der Waals surface area (Å²) in [5, 5.41) is 0. The van der Waals surface area contributed by atoms with Gasteiger partial charge in [0.1, 0.15) is 0 Å². The van der Waals surface area contributed by atoms with Crippen molar-refractivity contribution in [2.45, 2.75) is 78.8 Å². The second-order valence-corrected chi connectivity index (χ2v) is 7.16. The van der Waals surface area contributed by atoms with Gasteiger partial charge >= 0.3 is 0 Å². The summed E-state index contributed by atoms with van der Waals surface area (Å²) in [6, 6.07) is 4.13. The maximum Gasteiger partial charge on any atom is 0.242 e. The van der Waals surface area contributed by atoms with E-state index in [1.54, 1.807) is 4.90 Å². The van der Waals surface area contributed by atoms with E-state index in [1.165, 1.54) is 0 Å². The third-order valence-electron chi connectivity index (χ3n) is 5.03. The number of aromatic nitrogens is 1. The van der Waals surface area contributed by atoms with E-state index in [9.17, 15) is 9.59 Å². The largest absolute Gasteiger partial charge is 0.353 e.